The van der Waals surface area contributed by atoms with Crippen molar-refractivity contribution >= 4 is 0 Å². The van der Waals surface area contributed by atoms with Crippen molar-refractivity contribution in [1.29, 1.82) is 0 Å². The van der Waals surface area contributed by atoms with Gasteiger partial charge < -0.3 is 15.2 Å². The molecule has 0 bridgehead atoms. The lowest BCUT2D eigenvalue weighted by Gasteiger charge is -2.07. The topological polar surface area (TPSA) is 41.5 Å². The van der Waals surface area contributed by atoms with Crippen molar-refractivity contribution in [2.24, 2.45) is 0 Å². The average Bonchev–Trinajstić information content (AvgIpc) is 2.02. The summed E-state index contributed by atoms with van der Waals surface area (Å²) < 4.78 is 5.31. The summed E-state index contributed by atoms with van der Waals surface area (Å²) in [5.74, 6) is 0. The highest BCUT2D eigenvalue weighted by Gasteiger charge is 1.91. The Morgan fingerprint density at radius 3 is 2.58 bits per heavy atom. The minimum Gasteiger partial charge on any atom is -0.396 e. The van der Waals surface area contributed by atoms with Crippen molar-refractivity contribution in [2.75, 3.05) is 26.4 Å². The predicted octanol–water partition coefficient (Wildman–Crippen LogP) is 0.773. The van der Waals surface area contributed by atoms with Crippen molar-refractivity contribution < 1.29 is 9.84 Å². The SMILES string of the molecule is CC(C)NCCOCCCCO. The van der Waals surface area contributed by atoms with Gasteiger partial charge in [0.25, 0.3) is 0 Å². The first kappa shape index (κ1) is 11.9. The Hall–Kier alpha value is -0.120. The van der Waals surface area contributed by atoms with Gasteiger partial charge in [-0.2, -0.15) is 0 Å². The number of hydrogen-bond acceptors (Lipinski definition) is 3. The Morgan fingerprint density at radius 1 is 1.25 bits per heavy atom. The number of aliphatic hydroxyl groups excluding tert-OH is 1. The second-order valence-corrected chi connectivity index (χ2v) is 3.15. The second kappa shape index (κ2) is 8.97. The summed E-state index contributed by atoms with van der Waals surface area (Å²) in [6, 6.07) is 0.533. The standard InChI is InChI=1S/C9H21NO2/c1-9(2)10-5-8-12-7-4-3-6-11/h9-11H,3-8H2,1-2H3. The fourth-order valence-electron chi connectivity index (χ4n) is 0.838. The third-order valence-electron chi connectivity index (χ3n) is 1.50. The number of nitrogens with one attached hydrogen (secondary N) is 1. The zero-order chi connectivity index (χ0) is 9.23. The number of hydrogen-bond donors (Lipinski definition) is 2. The highest BCUT2D eigenvalue weighted by molar-refractivity contribution is 4.50. The summed E-state index contributed by atoms with van der Waals surface area (Å²) in [5, 5.41) is 11.7. The van der Waals surface area contributed by atoms with E-state index in [2.05, 4.69) is 19.2 Å². The largest absolute Gasteiger partial charge is 0.396 e. The van der Waals surface area contributed by atoms with Crippen LogP contribution in [0.25, 0.3) is 0 Å². The summed E-state index contributed by atoms with van der Waals surface area (Å²) in [7, 11) is 0. The monoisotopic (exact) mass is 175 g/mol. The molecule has 3 nitrogen and oxygen atoms in total. The lowest BCUT2D eigenvalue weighted by atomic mass is 10.3. The lowest BCUT2D eigenvalue weighted by molar-refractivity contribution is 0.125. The molecule has 3 heteroatoms. The molecule has 0 aliphatic carbocycles. The maximum absolute atomic E-state index is 8.47. The third-order valence-corrected chi connectivity index (χ3v) is 1.50. The Bertz CT molecular complexity index is 86.6. The second-order valence-electron chi connectivity index (χ2n) is 3.15. The maximum Gasteiger partial charge on any atom is 0.0590 e. The molecule has 0 radical (unpaired) electrons. The van der Waals surface area contributed by atoms with Crippen molar-refractivity contribution in [3.63, 3.8) is 0 Å². The fourth-order valence-corrected chi connectivity index (χ4v) is 0.838. The first-order valence-electron chi connectivity index (χ1n) is 4.69. The molecular weight excluding hydrogens is 154 g/mol. The third kappa shape index (κ3) is 9.88. The van der Waals surface area contributed by atoms with Gasteiger partial charge in [0.15, 0.2) is 0 Å². The van der Waals surface area contributed by atoms with E-state index in [1.807, 2.05) is 0 Å². The molecule has 0 aliphatic heterocycles. The van der Waals surface area contributed by atoms with E-state index in [0.717, 1.165) is 32.6 Å². The lowest BCUT2D eigenvalue weighted by Crippen LogP contribution is -2.26. The number of unbranched alkanes of at least 4 members (excludes halogenated alkanes) is 1. The molecule has 0 aromatic heterocycles. The minimum atomic E-state index is 0.271. The molecular formula is C9H21NO2. The van der Waals surface area contributed by atoms with Crippen molar-refractivity contribution in [1.82, 2.24) is 5.32 Å². The summed E-state index contributed by atoms with van der Waals surface area (Å²) >= 11 is 0. The van der Waals surface area contributed by atoms with E-state index in [9.17, 15) is 0 Å². The van der Waals surface area contributed by atoms with Gasteiger partial charge in [-0.1, -0.05) is 13.8 Å². The van der Waals surface area contributed by atoms with Crippen molar-refractivity contribution in [3.05, 3.63) is 0 Å². The molecule has 0 heterocycles. The summed E-state index contributed by atoms with van der Waals surface area (Å²) in [6.45, 7) is 6.95. The molecule has 0 rings (SSSR count). The number of aliphatic hydroxyl groups is 1. The minimum absolute atomic E-state index is 0.271. The molecule has 0 saturated carbocycles. The molecule has 0 atom stereocenters. The molecule has 0 amide bonds. The molecule has 74 valence electrons. The smallest absolute Gasteiger partial charge is 0.0590 e. The fraction of sp³-hybridized carbons (Fsp3) is 1.00. The van der Waals surface area contributed by atoms with E-state index in [0.29, 0.717) is 6.04 Å². The van der Waals surface area contributed by atoms with Crippen LogP contribution in [0.1, 0.15) is 26.7 Å². The Balaban J connectivity index is 2.82. The van der Waals surface area contributed by atoms with Gasteiger partial charge in [0.05, 0.1) is 6.61 Å². The predicted molar refractivity (Wildman–Crippen MR) is 50.3 cm³/mol. The van der Waals surface area contributed by atoms with E-state index in [4.69, 9.17) is 9.84 Å². The Morgan fingerprint density at radius 2 is 2.00 bits per heavy atom. The van der Waals surface area contributed by atoms with E-state index in [1.165, 1.54) is 0 Å². The van der Waals surface area contributed by atoms with Gasteiger partial charge in [-0.25, -0.2) is 0 Å². The van der Waals surface area contributed by atoms with Gasteiger partial charge in [-0.3, -0.25) is 0 Å². The zero-order valence-corrected chi connectivity index (χ0v) is 8.18. The molecule has 0 aromatic carbocycles. The van der Waals surface area contributed by atoms with Crippen LogP contribution >= 0.6 is 0 Å². The number of rotatable bonds is 8. The van der Waals surface area contributed by atoms with Crippen LogP contribution in [0, 0.1) is 0 Å². The van der Waals surface area contributed by atoms with Crippen LogP contribution in [-0.4, -0.2) is 37.5 Å². The molecule has 0 aromatic rings. The van der Waals surface area contributed by atoms with E-state index in [-0.39, 0.29) is 6.61 Å². The van der Waals surface area contributed by atoms with Gasteiger partial charge in [-0.15, -0.1) is 0 Å². The maximum atomic E-state index is 8.47. The normalized spacial score (nSPS) is 11.0. The molecule has 0 aliphatic rings. The van der Waals surface area contributed by atoms with E-state index in [1.54, 1.807) is 0 Å². The zero-order valence-electron chi connectivity index (χ0n) is 8.18. The molecule has 0 fully saturated rings. The molecule has 0 spiro atoms. The molecule has 0 saturated heterocycles. The van der Waals surface area contributed by atoms with Gasteiger partial charge >= 0.3 is 0 Å². The van der Waals surface area contributed by atoms with Gasteiger partial charge in [0.2, 0.25) is 0 Å². The van der Waals surface area contributed by atoms with Crippen LogP contribution in [-0.2, 0) is 4.74 Å². The van der Waals surface area contributed by atoms with E-state index < -0.39 is 0 Å². The van der Waals surface area contributed by atoms with E-state index >= 15 is 0 Å². The molecule has 0 unspecified atom stereocenters. The van der Waals surface area contributed by atoms with Crippen LogP contribution in [0.15, 0.2) is 0 Å². The highest BCUT2D eigenvalue weighted by atomic mass is 16.5. The number of ether oxygens (including phenoxy) is 1. The van der Waals surface area contributed by atoms with Crippen LogP contribution in [0.3, 0.4) is 0 Å². The van der Waals surface area contributed by atoms with Crippen LogP contribution in [0.2, 0.25) is 0 Å². The Labute approximate surface area is 75.1 Å². The molecule has 12 heavy (non-hydrogen) atoms. The van der Waals surface area contributed by atoms with Crippen molar-refractivity contribution in [2.45, 2.75) is 32.7 Å². The van der Waals surface area contributed by atoms with Crippen LogP contribution in [0.5, 0.6) is 0 Å². The van der Waals surface area contributed by atoms with Crippen LogP contribution < -0.4 is 5.32 Å². The first-order valence-corrected chi connectivity index (χ1v) is 4.69. The van der Waals surface area contributed by atoms with Crippen molar-refractivity contribution in [3.8, 4) is 0 Å². The van der Waals surface area contributed by atoms with Crippen LogP contribution in [0.4, 0.5) is 0 Å². The van der Waals surface area contributed by atoms with Gasteiger partial charge in [0.1, 0.15) is 0 Å². The summed E-state index contributed by atoms with van der Waals surface area (Å²) in [5.41, 5.74) is 0. The summed E-state index contributed by atoms with van der Waals surface area (Å²) in [6.07, 6.45) is 1.80. The quantitative estimate of drug-likeness (QED) is 0.535. The van der Waals surface area contributed by atoms with Gasteiger partial charge in [-0.05, 0) is 12.8 Å². The highest BCUT2D eigenvalue weighted by Crippen LogP contribution is 1.87. The Kier molecular flexibility index (Phi) is 8.88. The van der Waals surface area contributed by atoms with Gasteiger partial charge in [0, 0.05) is 25.8 Å². The molecule has 2 N–H and O–H groups in total. The summed E-state index contributed by atoms with van der Waals surface area (Å²) in [4.78, 5) is 0. The first-order chi connectivity index (χ1) is 5.77. The average molecular weight is 175 g/mol.